The first kappa shape index (κ1) is 9.36. The lowest BCUT2D eigenvalue weighted by Gasteiger charge is -2.22. The molecule has 0 radical (unpaired) electrons. The lowest BCUT2D eigenvalue weighted by Crippen LogP contribution is -2.47. The van der Waals surface area contributed by atoms with E-state index in [1.165, 1.54) is 5.54 Å². The van der Waals surface area contributed by atoms with E-state index in [1.54, 1.807) is 13.8 Å². The highest BCUT2D eigenvalue weighted by atomic mass is 19.2. The summed E-state index contributed by atoms with van der Waals surface area (Å²) in [6, 6.07) is 0. The van der Waals surface area contributed by atoms with E-state index in [-0.39, 0.29) is 12.8 Å². The molecular formula is C6H12FNO2. The second-order valence-corrected chi connectivity index (χ2v) is 2.19. The fraction of sp³-hybridized carbons (Fsp3) is 0.833. The molecule has 0 unspecified atom stereocenters. The zero-order chi connectivity index (χ0) is 8.20. The number of nitrogens with one attached hydrogen (secondary N) is 1. The molecule has 0 aromatic heterocycles. The monoisotopic (exact) mass is 149 g/mol. The topological polar surface area (TPSA) is 49.3 Å². The smallest absolute Gasteiger partial charge is 0.326 e. The van der Waals surface area contributed by atoms with Gasteiger partial charge < -0.3 is 5.11 Å². The zero-order valence-electron chi connectivity index (χ0n) is 6.15. The van der Waals surface area contributed by atoms with Gasteiger partial charge in [-0.25, -0.2) is 0 Å². The molecule has 0 saturated heterocycles. The number of rotatable bonds is 4. The van der Waals surface area contributed by atoms with Crippen LogP contribution in [0.25, 0.3) is 0 Å². The van der Waals surface area contributed by atoms with Crippen molar-refractivity contribution in [2.45, 2.75) is 32.2 Å². The van der Waals surface area contributed by atoms with E-state index in [0.717, 1.165) is 0 Å². The molecule has 10 heavy (non-hydrogen) atoms. The van der Waals surface area contributed by atoms with Crippen LogP contribution in [0.1, 0.15) is 26.7 Å². The Morgan fingerprint density at radius 3 is 2.00 bits per heavy atom. The van der Waals surface area contributed by atoms with Crippen LogP contribution in [0.3, 0.4) is 0 Å². The Labute approximate surface area is 59.2 Å². The molecule has 3 nitrogen and oxygen atoms in total. The lowest BCUT2D eigenvalue weighted by molar-refractivity contribution is -0.147. The molecule has 0 rings (SSSR count). The summed E-state index contributed by atoms with van der Waals surface area (Å²) in [6.07, 6.45) is 0.491. The maximum atomic E-state index is 11.9. The van der Waals surface area contributed by atoms with Crippen LogP contribution in [0.15, 0.2) is 0 Å². The highest BCUT2D eigenvalue weighted by molar-refractivity contribution is 5.78. The van der Waals surface area contributed by atoms with E-state index in [4.69, 9.17) is 5.11 Å². The number of hydrogen-bond donors (Lipinski definition) is 2. The molecule has 0 atom stereocenters. The summed E-state index contributed by atoms with van der Waals surface area (Å²) in [5.41, 5.74) is -0.0602. The van der Waals surface area contributed by atoms with Gasteiger partial charge in [-0.2, -0.15) is 0 Å². The van der Waals surface area contributed by atoms with Crippen LogP contribution in [-0.4, -0.2) is 16.6 Å². The average Bonchev–Trinajstić information content (AvgIpc) is 1.92. The largest absolute Gasteiger partial charge is 0.480 e. The van der Waals surface area contributed by atoms with Crippen LogP contribution in [0.4, 0.5) is 4.48 Å². The molecule has 0 saturated carbocycles. The third-order valence-corrected chi connectivity index (χ3v) is 1.80. The zero-order valence-corrected chi connectivity index (χ0v) is 6.15. The first-order valence-electron chi connectivity index (χ1n) is 3.24. The second kappa shape index (κ2) is 3.51. The quantitative estimate of drug-likeness (QED) is 0.588. The number of carbonyl (C=O) groups is 1. The van der Waals surface area contributed by atoms with E-state index in [2.05, 4.69) is 0 Å². The van der Waals surface area contributed by atoms with Crippen LogP contribution in [0, 0.1) is 0 Å². The summed E-state index contributed by atoms with van der Waals surface area (Å²) in [5.74, 6) is -1.14. The fourth-order valence-corrected chi connectivity index (χ4v) is 0.726. The van der Waals surface area contributed by atoms with E-state index < -0.39 is 11.5 Å². The molecule has 0 aromatic rings. The lowest BCUT2D eigenvalue weighted by atomic mass is 9.95. The third-order valence-electron chi connectivity index (χ3n) is 1.80. The van der Waals surface area contributed by atoms with Gasteiger partial charge in [0.15, 0.2) is 0 Å². The molecule has 0 spiro atoms. The van der Waals surface area contributed by atoms with Gasteiger partial charge in [0.1, 0.15) is 5.54 Å². The number of carboxylic acid groups (broad SMARTS) is 1. The summed E-state index contributed by atoms with van der Waals surface area (Å²) >= 11 is 0. The molecule has 0 fully saturated rings. The standard InChI is InChI=1S/C6H12FNO2/c1-3-6(4-2,8-7)5(9)10/h8H,3-4H2,1-2H3,(H,9,10). The SMILES string of the molecule is CCC(CC)(NF)C(=O)O. The maximum Gasteiger partial charge on any atom is 0.326 e. The van der Waals surface area contributed by atoms with Gasteiger partial charge in [0, 0.05) is 0 Å². The van der Waals surface area contributed by atoms with Crippen molar-refractivity contribution < 1.29 is 14.4 Å². The minimum atomic E-state index is -1.38. The summed E-state index contributed by atoms with van der Waals surface area (Å²) < 4.78 is 11.9. The maximum absolute atomic E-state index is 11.9. The van der Waals surface area contributed by atoms with Gasteiger partial charge in [-0.1, -0.05) is 13.8 Å². The molecule has 0 aromatic carbocycles. The first-order valence-corrected chi connectivity index (χ1v) is 3.24. The second-order valence-electron chi connectivity index (χ2n) is 2.19. The van der Waals surface area contributed by atoms with Crippen molar-refractivity contribution in [2.24, 2.45) is 0 Å². The number of halogens is 1. The minimum absolute atomic E-state index is 0.245. The number of aliphatic carboxylic acids is 1. The van der Waals surface area contributed by atoms with Gasteiger partial charge in [0.05, 0.1) is 0 Å². The predicted molar refractivity (Wildman–Crippen MR) is 35.2 cm³/mol. The molecule has 0 aliphatic heterocycles. The molecular weight excluding hydrogens is 137 g/mol. The Morgan fingerprint density at radius 2 is 2.00 bits per heavy atom. The molecule has 0 heterocycles. The van der Waals surface area contributed by atoms with E-state index in [9.17, 15) is 9.28 Å². The molecule has 60 valence electrons. The summed E-state index contributed by atoms with van der Waals surface area (Å²) in [6.45, 7) is 3.26. The van der Waals surface area contributed by atoms with Gasteiger partial charge in [0.25, 0.3) is 0 Å². The fourth-order valence-electron chi connectivity index (χ4n) is 0.726. The summed E-state index contributed by atoms with van der Waals surface area (Å²) in [5, 5.41) is 8.52. The van der Waals surface area contributed by atoms with Crippen molar-refractivity contribution in [3.8, 4) is 0 Å². The van der Waals surface area contributed by atoms with Crippen molar-refractivity contribution in [2.75, 3.05) is 0 Å². The molecule has 0 bridgehead atoms. The van der Waals surface area contributed by atoms with Crippen molar-refractivity contribution in [1.29, 1.82) is 0 Å². The van der Waals surface area contributed by atoms with Crippen molar-refractivity contribution in [1.82, 2.24) is 5.54 Å². The molecule has 4 heteroatoms. The Kier molecular flexibility index (Phi) is 3.28. The molecule has 0 aliphatic rings. The summed E-state index contributed by atoms with van der Waals surface area (Å²) in [7, 11) is 0. The molecule has 2 N–H and O–H groups in total. The predicted octanol–water partition coefficient (Wildman–Crippen LogP) is 1.10. The van der Waals surface area contributed by atoms with Gasteiger partial charge in [-0.05, 0) is 12.8 Å². The van der Waals surface area contributed by atoms with Crippen LogP contribution >= 0.6 is 0 Å². The average molecular weight is 149 g/mol. The van der Waals surface area contributed by atoms with E-state index in [1.807, 2.05) is 0 Å². The normalized spacial score (nSPS) is 11.5. The van der Waals surface area contributed by atoms with Crippen molar-refractivity contribution in [3.05, 3.63) is 0 Å². The number of hydrogen-bond acceptors (Lipinski definition) is 2. The van der Waals surface area contributed by atoms with Crippen molar-refractivity contribution >= 4 is 5.97 Å². The van der Waals surface area contributed by atoms with Gasteiger partial charge in [-0.3, -0.25) is 4.79 Å². The Morgan fingerprint density at radius 1 is 1.60 bits per heavy atom. The van der Waals surface area contributed by atoms with Crippen molar-refractivity contribution in [3.63, 3.8) is 0 Å². The Bertz CT molecular complexity index is 115. The highest BCUT2D eigenvalue weighted by Crippen LogP contribution is 2.14. The van der Waals surface area contributed by atoms with Gasteiger partial charge in [-0.15, -0.1) is 10.0 Å². The van der Waals surface area contributed by atoms with Crippen LogP contribution in [0.2, 0.25) is 0 Å². The molecule has 0 amide bonds. The van der Waals surface area contributed by atoms with Gasteiger partial charge in [0.2, 0.25) is 0 Å². The minimum Gasteiger partial charge on any atom is -0.480 e. The summed E-state index contributed by atoms with van der Waals surface area (Å²) in [4.78, 5) is 10.4. The van der Waals surface area contributed by atoms with Crippen LogP contribution in [-0.2, 0) is 4.79 Å². The Balaban J connectivity index is 4.31. The van der Waals surface area contributed by atoms with E-state index >= 15 is 0 Å². The van der Waals surface area contributed by atoms with E-state index in [0.29, 0.717) is 0 Å². The Hall–Kier alpha value is -0.640. The van der Waals surface area contributed by atoms with Crippen LogP contribution < -0.4 is 5.54 Å². The first-order chi connectivity index (χ1) is 4.63. The van der Waals surface area contributed by atoms with Crippen LogP contribution in [0.5, 0.6) is 0 Å². The number of carboxylic acids is 1. The molecule has 0 aliphatic carbocycles. The third kappa shape index (κ3) is 1.44. The van der Waals surface area contributed by atoms with Gasteiger partial charge >= 0.3 is 5.97 Å². The highest BCUT2D eigenvalue weighted by Gasteiger charge is 2.34.